The van der Waals surface area contributed by atoms with E-state index in [0.29, 0.717) is 0 Å². The molecule has 0 radical (unpaired) electrons. The molecule has 1 aliphatic rings. The van der Waals surface area contributed by atoms with Crippen LogP contribution >= 0.6 is 0 Å². The quantitative estimate of drug-likeness (QED) is 0.502. The molecule has 30 heavy (non-hydrogen) atoms. The van der Waals surface area contributed by atoms with Crippen LogP contribution in [0.5, 0.6) is 0 Å². The predicted octanol–water partition coefficient (Wildman–Crippen LogP) is 1.13. The Morgan fingerprint density at radius 3 is 2.00 bits per heavy atom. The van der Waals surface area contributed by atoms with Crippen molar-refractivity contribution in [1.29, 1.82) is 0 Å². The number of hydrogen-bond acceptors (Lipinski definition) is 9. The van der Waals surface area contributed by atoms with E-state index in [-0.39, 0.29) is 11.1 Å². The smallest absolute Gasteiger partial charge is 0.338 e. The number of aliphatic hydroxyl groups excluding tert-OH is 1. The second kappa shape index (κ2) is 9.35. The Labute approximate surface area is 173 Å². The molecular formula is C20H20O9S. The van der Waals surface area contributed by atoms with Crippen LogP contribution in [-0.2, 0) is 28.5 Å². The highest BCUT2D eigenvalue weighted by atomic mass is 32.2. The fourth-order valence-electron chi connectivity index (χ4n) is 2.87. The summed E-state index contributed by atoms with van der Waals surface area (Å²) in [7, 11) is -4.01. The van der Waals surface area contributed by atoms with E-state index in [9.17, 15) is 23.1 Å². The first-order valence-electron chi connectivity index (χ1n) is 8.94. The predicted molar refractivity (Wildman–Crippen MR) is 103 cm³/mol. The summed E-state index contributed by atoms with van der Waals surface area (Å²) >= 11 is 0. The molecule has 2 aromatic rings. The van der Waals surface area contributed by atoms with Gasteiger partial charge in [-0.15, -0.1) is 0 Å². The summed E-state index contributed by atoms with van der Waals surface area (Å²) < 4.78 is 43.8. The summed E-state index contributed by atoms with van der Waals surface area (Å²) in [6.45, 7) is -0.402. The number of carbonyl (C=O) groups excluding carboxylic acids is 2. The van der Waals surface area contributed by atoms with Crippen molar-refractivity contribution in [2.75, 3.05) is 12.9 Å². The Bertz CT molecular complexity index is 976. The molecule has 4 atom stereocenters. The summed E-state index contributed by atoms with van der Waals surface area (Å²) in [5.41, 5.74) is 0.495. The number of aliphatic hydroxyl groups is 1. The van der Waals surface area contributed by atoms with Crippen molar-refractivity contribution in [2.45, 2.75) is 24.6 Å². The van der Waals surface area contributed by atoms with Gasteiger partial charge in [-0.25, -0.2) is 9.59 Å². The zero-order chi connectivity index (χ0) is 21.7. The van der Waals surface area contributed by atoms with Crippen LogP contribution in [0, 0.1) is 0 Å². The van der Waals surface area contributed by atoms with Crippen LogP contribution in [0.1, 0.15) is 20.7 Å². The second-order valence-corrected chi connectivity index (χ2v) is 8.13. The lowest BCUT2D eigenvalue weighted by Crippen LogP contribution is -2.41. The fraction of sp³-hybridized carbons (Fsp3) is 0.300. The summed E-state index contributed by atoms with van der Waals surface area (Å²) in [6.07, 6.45) is -4.93. The molecule has 1 saturated heterocycles. The highest BCUT2D eigenvalue weighted by molar-refractivity contribution is 7.86. The molecule has 2 aromatic carbocycles. The number of hydrogen-bond donors (Lipinski definition) is 1. The minimum Gasteiger partial charge on any atom is -0.459 e. The van der Waals surface area contributed by atoms with Gasteiger partial charge in [0.25, 0.3) is 10.1 Å². The molecule has 1 aliphatic heterocycles. The van der Waals surface area contributed by atoms with Crippen LogP contribution < -0.4 is 0 Å². The molecule has 3 rings (SSSR count). The minimum atomic E-state index is -4.01. The topological polar surface area (TPSA) is 125 Å². The van der Waals surface area contributed by atoms with E-state index in [4.69, 9.17) is 18.4 Å². The first-order valence-corrected chi connectivity index (χ1v) is 10.8. The van der Waals surface area contributed by atoms with Crippen LogP contribution in [0.3, 0.4) is 0 Å². The van der Waals surface area contributed by atoms with Gasteiger partial charge in [0.15, 0.2) is 18.5 Å². The monoisotopic (exact) mass is 436 g/mol. The Kier molecular flexibility index (Phi) is 6.83. The second-order valence-electron chi connectivity index (χ2n) is 6.53. The molecule has 0 saturated carbocycles. The van der Waals surface area contributed by atoms with Crippen molar-refractivity contribution < 1.29 is 41.5 Å². The molecule has 0 spiro atoms. The van der Waals surface area contributed by atoms with E-state index >= 15 is 0 Å². The van der Waals surface area contributed by atoms with Crippen molar-refractivity contribution in [3.05, 3.63) is 71.8 Å². The Hall–Kier alpha value is -2.79. The van der Waals surface area contributed by atoms with Gasteiger partial charge in [0, 0.05) is 0 Å². The summed E-state index contributed by atoms with van der Waals surface area (Å²) in [5, 5.41) is 10.1. The van der Waals surface area contributed by atoms with Crippen LogP contribution in [0.4, 0.5) is 0 Å². The number of esters is 2. The number of rotatable bonds is 7. The Balaban J connectivity index is 1.75. The highest BCUT2D eigenvalue weighted by Crippen LogP contribution is 2.28. The molecule has 0 aromatic heterocycles. The lowest BCUT2D eigenvalue weighted by Gasteiger charge is -2.22. The fourth-order valence-corrected chi connectivity index (χ4v) is 3.48. The van der Waals surface area contributed by atoms with Gasteiger partial charge in [0.2, 0.25) is 0 Å². The first-order chi connectivity index (χ1) is 14.2. The zero-order valence-electron chi connectivity index (χ0n) is 15.9. The van der Waals surface area contributed by atoms with E-state index in [1.165, 1.54) is 12.1 Å². The maximum absolute atomic E-state index is 12.5. The van der Waals surface area contributed by atoms with E-state index in [2.05, 4.69) is 0 Å². The van der Waals surface area contributed by atoms with Gasteiger partial charge in [0.1, 0.15) is 12.7 Å². The molecule has 160 valence electrons. The van der Waals surface area contributed by atoms with E-state index in [1.54, 1.807) is 48.5 Å². The molecule has 9 nitrogen and oxygen atoms in total. The normalized spacial score (nSPS) is 23.7. The maximum Gasteiger partial charge on any atom is 0.338 e. The number of ether oxygens (including phenoxy) is 3. The van der Waals surface area contributed by atoms with Gasteiger partial charge in [-0.1, -0.05) is 36.4 Å². The summed E-state index contributed by atoms with van der Waals surface area (Å²) in [6, 6.07) is 16.1. The van der Waals surface area contributed by atoms with E-state index in [1.807, 2.05) is 0 Å². The summed E-state index contributed by atoms with van der Waals surface area (Å²) in [4.78, 5) is 24.6. The van der Waals surface area contributed by atoms with Crippen LogP contribution in [0.25, 0.3) is 0 Å². The molecule has 0 bridgehead atoms. The lowest BCUT2D eigenvalue weighted by molar-refractivity contribution is -0.128. The molecule has 1 fully saturated rings. The maximum atomic E-state index is 12.5. The van der Waals surface area contributed by atoms with Crippen molar-refractivity contribution in [3.8, 4) is 0 Å². The van der Waals surface area contributed by atoms with Crippen molar-refractivity contribution in [3.63, 3.8) is 0 Å². The largest absolute Gasteiger partial charge is 0.459 e. The first kappa shape index (κ1) is 21.9. The Morgan fingerprint density at radius 1 is 0.933 bits per heavy atom. The van der Waals surface area contributed by atoms with Crippen LogP contribution in [0.15, 0.2) is 60.7 Å². The third-order valence-corrected chi connectivity index (χ3v) is 4.78. The van der Waals surface area contributed by atoms with Gasteiger partial charge in [0.05, 0.1) is 17.4 Å². The van der Waals surface area contributed by atoms with Gasteiger partial charge >= 0.3 is 11.9 Å². The van der Waals surface area contributed by atoms with E-state index in [0.717, 1.165) is 6.26 Å². The van der Waals surface area contributed by atoms with Gasteiger partial charge < -0.3 is 19.3 Å². The van der Waals surface area contributed by atoms with Crippen molar-refractivity contribution in [2.24, 2.45) is 0 Å². The Morgan fingerprint density at radius 2 is 1.47 bits per heavy atom. The molecule has 0 aliphatic carbocycles. The molecule has 0 amide bonds. The van der Waals surface area contributed by atoms with Gasteiger partial charge in [-0.05, 0) is 24.3 Å². The number of carbonyl (C=O) groups is 2. The average molecular weight is 436 g/mol. The van der Waals surface area contributed by atoms with Gasteiger partial charge in [-0.3, -0.25) is 4.18 Å². The third kappa shape index (κ3) is 5.63. The number of benzene rings is 2. The molecule has 1 N–H and O–H groups in total. The molecule has 1 heterocycles. The van der Waals surface area contributed by atoms with Crippen molar-refractivity contribution >= 4 is 22.1 Å². The summed E-state index contributed by atoms with van der Waals surface area (Å²) in [5.74, 6) is -1.44. The van der Waals surface area contributed by atoms with E-state index < -0.39 is 53.3 Å². The third-order valence-electron chi connectivity index (χ3n) is 4.21. The standard InChI is InChI=1S/C20H20O9S/c1-30(24,25)29-17-16(28-19(22)14-10-6-3-7-11-14)15(27-20(17)23)12-26-18(21)13-8-4-2-5-9-13/h2-11,15-17,20,23H,12H2,1H3/t15-,16-,17-,20+/m1/s1. The molecular weight excluding hydrogens is 416 g/mol. The van der Waals surface area contributed by atoms with Crippen LogP contribution in [0.2, 0.25) is 0 Å². The van der Waals surface area contributed by atoms with Gasteiger partial charge in [-0.2, -0.15) is 8.42 Å². The van der Waals surface area contributed by atoms with Crippen LogP contribution in [-0.4, -0.2) is 62.9 Å². The minimum absolute atomic E-state index is 0.206. The lowest BCUT2D eigenvalue weighted by atomic mass is 10.1. The zero-order valence-corrected chi connectivity index (χ0v) is 16.7. The highest BCUT2D eigenvalue weighted by Gasteiger charge is 2.49. The SMILES string of the molecule is CS(=O)(=O)O[C@@H]1[C@H](OC(=O)c2ccccc2)[C@@H](COC(=O)c2ccccc2)O[C@@H]1O. The molecule has 0 unspecified atom stereocenters. The van der Waals surface area contributed by atoms with Crippen molar-refractivity contribution in [1.82, 2.24) is 0 Å². The average Bonchev–Trinajstić information content (AvgIpc) is 3.00. The molecule has 10 heteroatoms.